The monoisotopic (exact) mass is 429 g/mol. The summed E-state index contributed by atoms with van der Waals surface area (Å²) in [7, 11) is 1.59. The third-order valence-electron chi connectivity index (χ3n) is 5.07. The maximum Gasteiger partial charge on any atom is 0.260 e. The van der Waals surface area contributed by atoms with Gasteiger partial charge in [-0.1, -0.05) is 0 Å². The van der Waals surface area contributed by atoms with Crippen molar-refractivity contribution in [3.05, 3.63) is 94.5 Å². The number of rotatable bonds is 7. The zero-order valence-corrected chi connectivity index (χ0v) is 17.9. The van der Waals surface area contributed by atoms with Gasteiger partial charge in [-0.05, 0) is 67.6 Å². The van der Waals surface area contributed by atoms with E-state index in [2.05, 4.69) is 9.97 Å². The minimum atomic E-state index is -0.257. The van der Waals surface area contributed by atoms with E-state index < -0.39 is 0 Å². The molecule has 0 aliphatic carbocycles. The van der Waals surface area contributed by atoms with Gasteiger partial charge in [-0.3, -0.25) is 14.6 Å². The van der Waals surface area contributed by atoms with Crippen molar-refractivity contribution in [2.24, 2.45) is 0 Å². The molecule has 0 aliphatic heterocycles. The van der Waals surface area contributed by atoms with E-state index in [4.69, 9.17) is 9.47 Å². The fraction of sp³-hybridized carbons (Fsp3) is 0.160. The lowest BCUT2D eigenvalue weighted by Crippen LogP contribution is -2.33. The second-order valence-corrected chi connectivity index (χ2v) is 7.14. The molecule has 1 N–H and O–H groups in total. The SMILES string of the molecule is CCOc1ccc(N(Cc2cc3cc(OC)ccc3[nH]c2=O)C(=O)c2cccnc2)cc1. The summed E-state index contributed by atoms with van der Waals surface area (Å²) in [4.78, 5) is 34.7. The molecule has 4 aromatic rings. The third-order valence-corrected chi connectivity index (χ3v) is 5.07. The summed E-state index contributed by atoms with van der Waals surface area (Å²) in [6, 6.07) is 17.8. The Kier molecular flexibility index (Phi) is 6.17. The zero-order valence-electron chi connectivity index (χ0n) is 17.9. The van der Waals surface area contributed by atoms with Crippen molar-refractivity contribution in [2.45, 2.75) is 13.5 Å². The Morgan fingerprint density at radius 1 is 1.06 bits per heavy atom. The van der Waals surface area contributed by atoms with Gasteiger partial charge in [0.15, 0.2) is 0 Å². The summed E-state index contributed by atoms with van der Waals surface area (Å²) in [5.41, 5.74) is 1.98. The maximum atomic E-state index is 13.4. The lowest BCUT2D eigenvalue weighted by molar-refractivity contribution is 0.0984. The number of anilines is 1. The van der Waals surface area contributed by atoms with Crippen LogP contribution in [0.4, 0.5) is 5.69 Å². The topological polar surface area (TPSA) is 84.5 Å². The molecule has 7 nitrogen and oxygen atoms in total. The summed E-state index contributed by atoms with van der Waals surface area (Å²) in [5, 5.41) is 0.819. The van der Waals surface area contributed by atoms with Crippen molar-refractivity contribution >= 4 is 22.5 Å². The van der Waals surface area contributed by atoms with Gasteiger partial charge in [0.1, 0.15) is 11.5 Å². The molecular formula is C25H23N3O4. The Morgan fingerprint density at radius 3 is 2.53 bits per heavy atom. The van der Waals surface area contributed by atoms with E-state index in [0.29, 0.717) is 40.4 Å². The van der Waals surface area contributed by atoms with E-state index in [-0.39, 0.29) is 18.0 Å². The molecule has 2 aromatic heterocycles. The van der Waals surface area contributed by atoms with Crippen LogP contribution in [0.2, 0.25) is 0 Å². The predicted molar refractivity (Wildman–Crippen MR) is 123 cm³/mol. The minimum Gasteiger partial charge on any atom is -0.497 e. The van der Waals surface area contributed by atoms with Crippen molar-refractivity contribution < 1.29 is 14.3 Å². The Hall–Kier alpha value is -4.13. The van der Waals surface area contributed by atoms with Gasteiger partial charge in [0.2, 0.25) is 0 Å². The highest BCUT2D eigenvalue weighted by atomic mass is 16.5. The average Bonchev–Trinajstić information content (AvgIpc) is 2.83. The minimum absolute atomic E-state index is 0.0875. The van der Waals surface area contributed by atoms with Crippen LogP contribution in [-0.4, -0.2) is 29.6 Å². The highest BCUT2D eigenvalue weighted by Gasteiger charge is 2.20. The number of hydrogen-bond acceptors (Lipinski definition) is 5. The number of aromatic nitrogens is 2. The molecular weight excluding hydrogens is 406 g/mol. The molecule has 0 spiro atoms. The number of carbonyl (C=O) groups excluding carboxylic acids is 1. The molecule has 0 saturated heterocycles. The third kappa shape index (κ3) is 4.46. The van der Waals surface area contributed by atoms with E-state index in [1.54, 1.807) is 72.8 Å². The Labute approximate surface area is 185 Å². The van der Waals surface area contributed by atoms with E-state index in [1.807, 2.05) is 13.0 Å². The van der Waals surface area contributed by atoms with Gasteiger partial charge in [-0.25, -0.2) is 0 Å². The number of methoxy groups -OCH3 is 1. The number of H-pyrrole nitrogens is 1. The lowest BCUT2D eigenvalue weighted by Gasteiger charge is -2.23. The van der Waals surface area contributed by atoms with Crippen LogP contribution in [0.5, 0.6) is 11.5 Å². The normalized spacial score (nSPS) is 10.7. The van der Waals surface area contributed by atoms with Gasteiger partial charge in [-0.15, -0.1) is 0 Å². The molecule has 32 heavy (non-hydrogen) atoms. The molecule has 0 unspecified atom stereocenters. The van der Waals surface area contributed by atoms with Crippen molar-refractivity contribution in [3.8, 4) is 11.5 Å². The molecule has 0 saturated carbocycles. The first-order chi connectivity index (χ1) is 15.6. The maximum absolute atomic E-state index is 13.4. The number of fused-ring (bicyclic) bond motifs is 1. The largest absolute Gasteiger partial charge is 0.497 e. The number of benzene rings is 2. The van der Waals surface area contributed by atoms with E-state index in [9.17, 15) is 9.59 Å². The van der Waals surface area contributed by atoms with Crippen molar-refractivity contribution in [3.63, 3.8) is 0 Å². The summed E-state index contributed by atoms with van der Waals surface area (Å²) >= 11 is 0. The van der Waals surface area contributed by atoms with Crippen LogP contribution in [0.25, 0.3) is 10.9 Å². The van der Waals surface area contributed by atoms with Crippen LogP contribution < -0.4 is 19.9 Å². The molecule has 0 atom stereocenters. The Morgan fingerprint density at radius 2 is 1.84 bits per heavy atom. The first-order valence-electron chi connectivity index (χ1n) is 10.2. The molecule has 1 amide bonds. The summed E-state index contributed by atoms with van der Waals surface area (Å²) in [6.07, 6.45) is 3.12. The first-order valence-corrected chi connectivity index (χ1v) is 10.2. The number of hydrogen-bond donors (Lipinski definition) is 1. The van der Waals surface area contributed by atoms with Gasteiger partial charge in [0.05, 0.1) is 25.8 Å². The van der Waals surface area contributed by atoms with Crippen LogP contribution in [0.15, 0.2) is 77.9 Å². The molecule has 0 fully saturated rings. The molecule has 0 aliphatic rings. The van der Waals surface area contributed by atoms with Gasteiger partial charge >= 0.3 is 0 Å². The second-order valence-electron chi connectivity index (χ2n) is 7.14. The number of aromatic amines is 1. The Bertz CT molecular complexity index is 1280. The number of pyridine rings is 2. The zero-order chi connectivity index (χ0) is 22.5. The molecule has 2 heterocycles. The van der Waals surface area contributed by atoms with Gasteiger partial charge in [0, 0.05) is 34.5 Å². The van der Waals surface area contributed by atoms with Crippen LogP contribution in [-0.2, 0) is 6.54 Å². The van der Waals surface area contributed by atoms with E-state index in [1.165, 1.54) is 6.20 Å². The molecule has 4 rings (SSSR count). The van der Waals surface area contributed by atoms with Gasteiger partial charge in [0.25, 0.3) is 11.5 Å². The van der Waals surface area contributed by atoms with Crippen molar-refractivity contribution in [2.75, 3.05) is 18.6 Å². The second kappa shape index (κ2) is 9.34. The summed E-state index contributed by atoms with van der Waals surface area (Å²) in [6.45, 7) is 2.55. The van der Waals surface area contributed by atoms with Crippen LogP contribution in [0.3, 0.4) is 0 Å². The standard InChI is InChI=1S/C25H23N3O4/c1-3-32-21-8-6-20(7-9-21)28(25(30)17-5-4-12-26-15-17)16-19-13-18-14-22(31-2)10-11-23(18)27-24(19)29/h4-15H,3,16H2,1-2H3,(H,27,29). The highest BCUT2D eigenvalue weighted by molar-refractivity contribution is 6.05. The fourth-order valence-corrected chi connectivity index (χ4v) is 3.46. The van der Waals surface area contributed by atoms with Crippen LogP contribution in [0, 0.1) is 0 Å². The first kappa shape index (κ1) is 21.1. The predicted octanol–water partition coefficient (Wildman–Crippen LogP) is 4.18. The molecule has 2 aromatic carbocycles. The molecule has 7 heteroatoms. The number of amides is 1. The lowest BCUT2D eigenvalue weighted by atomic mass is 10.1. The summed E-state index contributed by atoms with van der Waals surface area (Å²) in [5.74, 6) is 1.14. The van der Waals surface area contributed by atoms with Crippen molar-refractivity contribution in [1.29, 1.82) is 0 Å². The Balaban J connectivity index is 1.75. The highest BCUT2D eigenvalue weighted by Crippen LogP contribution is 2.24. The van der Waals surface area contributed by atoms with Gasteiger partial charge in [-0.2, -0.15) is 0 Å². The van der Waals surface area contributed by atoms with Crippen molar-refractivity contribution in [1.82, 2.24) is 9.97 Å². The average molecular weight is 429 g/mol. The molecule has 162 valence electrons. The van der Waals surface area contributed by atoms with E-state index >= 15 is 0 Å². The summed E-state index contributed by atoms with van der Waals surface area (Å²) < 4.78 is 10.8. The number of nitrogens with one attached hydrogen (secondary N) is 1. The number of nitrogens with zero attached hydrogens (tertiary/aromatic N) is 2. The quantitative estimate of drug-likeness (QED) is 0.476. The molecule has 0 radical (unpaired) electrons. The number of carbonyl (C=O) groups is 1. The van der Waals surface area contributed by atoms with E-state index in [0.717, 1.165) is 5.39 Å². The van der Waals surface area contributed by atoms with Gasteiger partial charge < -0.3 is 19.4 Å². The fourth-order valence-electron chi connectivity index (χ4n) is 3.46. The van der Waals surface area contributed by atoms with Crippen LogP contribution in [0.1, 0.15) is 22.8 Å². The molecule has 0 bridgehead atoms. The number of ether oxygens (including phenoxy) is 2. The van der Waals surface area contributed by atoms with Crippen LogP contribution >= 0.6 is 0 Å². The smallest absolute Gasteiger partial charge is 0.260 e.